The van der Waals surface area contributed by atoms with E-state index >= 15 is 0 Å². The number of nitrogens with one attached hydrogen (secondary N) is 1. The molecule has 21 heavy (non-hydrogen) atoms. The molecule has 1 unspecified atom stereocenters. The van der Waals surface area contributed by atoms with E-state index < -0.39 is 17.9 Å². The van der Waals surface area contributed by atoms with Crippen molar-refractivity contribution in [3.63, 3.8) is 0 Å². The van der Waals surface area contributed by atoms with Crippen LogP contribution in [-0.2, 0) is 4.79 Å². The minimum Gasteiger partial charge on any atom is -0.478 e. The van der Waals surface area contributed by atoms with Crippen LogP contribution in [0.25, 0.3) is 0 Å². The van der Waals surface area contributed by atoms with Crippen molar-refractivity contribution in [2.24, 2.45) is 5.73 Å². The van der Waals surface area contributed by atoms with Crippen LogP contribution in [0.5, 0.6) is 0 Å². The quantitative estimate of drug-likeness (QED) is 0.809. The molecule has 0 radical (unpaired) electrons. The van der Waals surface area contributed by atoms with Gasteiger partial charge in [-0.1, -0.05) is 41.9 Å². The second-order valence-corrected chi connectivity index (χ2v) is 4.85. The predicted octanol–water partition coefficient (Wildman–Crippen LogP) is 2.68. The molecule has 0 aromatic heterocycles. The summed E-state index contributed by atoms with van der Waals surface area (Å²) in [6.07, 6.45) is 0. The van der Waals surface area contributed by atoms with Gasteiger partial charge in [-0.15, -0.1) is 0 Å². The number of nitrogens with two attached hydrogens (primary N) is 1. The lowest BCUT2D eigenvalue weighted by molar-refractivity contribution is -0.117. The van der Waals surface area contributed by atoms with E-state index in [9.17, 15) is 9.59 Å². The Hall–Kier alpha value is -2.37. The topological polar surface area (TPSA) is 92.4 Å². The SMILES string of the molecule is NC(C(=O)Nc1cc(Cl)cc(C(=O)O)c1)c1ccccc1. The number of amides is 1. The number of aromatic carboxylic acids is 1. The van der Waals surface area contributed by atoms with Gasteiger partial charge in [-0.3, -0.25) is 4.79 Å². The van der Waals surface area contributed by atoms with Gasteiger partial charge < -0.3 is 16.2 Å². The number of carboxylic acids is 1. The first-order valence-electron chi connectivity index (χ1n) is 6.12. The Bertz CT molecular complexity index is 674. The van der Waals surface area contributed by atoms with Crippen molar-refractivity contribution in [2.45, 2.75) is 6.04 Å². The normalized spacial score (nSPS) is 11.7. The molecule has 1 atom stereocenters. The molecule has 4 N–H and O–H groups in total. The summed E-state index contributed by atoms with van der Waals surface area (Å²) >= 11 is 5.83. The average molecular weight is 305 g/mol. The Morgan fingerprint density at radius 2 is 1.81 bits per heavy atom. The molecule has 0 aliphatic heterocycles. The summed E-state index contributed by atoms with van der Waals surface area (Å²) in [4.78, 5) is 23.0. The van der Waals surface area contributed by atoms with Crippen LogP contribution in [0.3, 0.4) is 0 Å². The van der Waals surface area contributed by atoms with Crippen molar-refractivity contribution >= 4 is 29.2 Å². The van der Waals surface area contributed by atoms with E-state index in [-0.39, 0.29) is 16.3 Å². The van der Waals surface area contributed by atoms with Crippen LogP contribution in [-0.4, -0.2) is 17.0 Å². The fourth-order valence-electron chi connectivity index (χ4n) is 1.82. The largest absolute Gasteiger partial charge is 0.478 e. The van der Waals surface area contributed by atoms with Gasteiger partial charge in [0.1, 0.15) is 6.04 Å². The maximum atomic E-state index is 12.1. The van der Waals surface area contributed by atoms with E-state index in [0.717, 1.165) is 0 Å². The number of rotatable bonds is 4. The highest BCUT2D eigenvalue weighted by Gasteiger charge is 2.16. The molecular formula is C15H13ClN2O3. The molecule has 2 aromatic carbocycles. The van der Waals surface area contributed by atoms with Gasteiger partial charge in [0.05, 0.1) is 5.56 Å². The Balaban J connectivity index is 2.18. The van der Waals surface area contributed by atoms with Crippen molar-refractivity contribution in [3.05, 3.63) is 64.7 Å². The zero-order valence-electron chi connectivity index (χ0n) is 10.9. The number of hydrogen-bond acceptors (Lipinski definition) is 3. The zero-order chi connectivity index (χ0) is 15.4. The second kappa shape index (κ2) is 6.39. The van der Waals surface area contributed by atoms with E-state index in [2.05, 4.69) is 5.32 Å². The smallest absolute Gasteiger partial charge is 0.335 e. The van der Waals surface area contributed by atoms with Crippen molar-refractivity contribution in [1.29, 1.82) is 0 Å². The lowest BCUT2D eigenvalue weighted by Crippen LogP contribution is -2.27. The molecule has 0 bridgehead atoms. The van der Waals surface area contributed by atoms with Gasteiger partial charge in [0.25, 0.3) is 0 Å². The highest BCUT2D eigenvalue weighted by molar-refractivity contribution is 6.31. The third-order valence-electron chi connectivity index (χ3n) is 2.85. The van der Waals surface area contributed by atoms with Crippen molar-refractivity contribution in [3.8, 4) is 0 Å². The van der Waals surface area contributed by atoms with E-state index in [4.69, 9.17) is 22.4 Å². The molecule has 1 amide bonds. The van der Waals surface area contributed by atoms with Crippen LogP contribution in [0.2, 0.25) is 5.02 Å². The first kappa shape index (κ1) is 15.0. The molecule has 0 aliphatic carbocycles. The number of carbonyl (C=O) groups excluding carboxylic acids is 1. The van der Waals surface area contributed by atoms with Gasteiger partial charge in [0, 0.05) is 10.7 Å². The van der Waals surface area contributed by atoms with E-state index in [1.807, 2.05) is 6.07 Å². The Morgan fingerprint density at radius 3 is 2.43 bits per heavy atom. The van der Waals surface area contributed by atoms with Crippen LogP contribution in [0.1, 0.15) is 22.0 Å². The molecule has 2 rings (SSSR count). The third kappa shape index (κ3) is 3.81. The van der Waals surface area contributed by atoms with Gasteiger partial charge in [-0.05, 0) is 23.8 Å². The van der Waals surface area contributed by atoms with Gasteiger partial charge in [0.15, 0.2) is 0 Å². The van der Waals surface area contributed by atoms with Gasteiger partial charge in [-0.25, -0.2) is 4.79 Å². The highest BCUT2D eigenvalue weighted by Crippen LogP contribution is 2.20. The molecular weight excluding hydrogens is 292 g/mol. The van der Waals surface area contributed by atoms with Crippen LogP contribution in [0.4, 0.5) is 5.69 Å². The minimum atomic E-state index is -1.12. The standard InChI is InChI=1S/C15H13ClN2O3/c16-11-6-10(15(20)21)7-12(8-11)18-14(19)13(17)9-4-2-1-3-5-9/h1-8,13H,17H2,(H,18,19)(H,20,21). The van der Waals surface area contributed by atoms with Crippen molar-refractivity contribution in [1.82, 2.24) is 0 Å². The second-order valence-electron chi connectivity index (χ2n) is 4.41. The van der Waals surface area contributed by atoms with Crippen LogP contribution in [0, 0.1) is 0 Å². The average Bonchev–Trinajstić information content (AvgIpc) is 2.46. The lowest BCUT2D eigenvalue weighted by atomic mass is 10.1. The van der Waals surface area contributed by atoms with Crippen molar-refractivity contribution in [2.75, 3.05) is 5.32 Å². The fraction of sp³-hybridized carbons (Fsp3) is 0.0667. The molecule has 0 heterocycles. The molecule has 5 nitrogen and oxygen atoms in total. The summed E-state index contributed by atoms with van der Waals surface area (Å²) in [5, 5.41) is 11.7. The summed E-state index contributed by atoms with van der Waals surface area (Å²) < 4.78 is 0. The first-order valence-corrected chi connectivity index (χ1v) is 6.50. The maximum absolute atomic E-state index is 12.1. The van der Waals surface area contributed by atoms with Gasteiger partial charge in [-0.2, -0.15) is 0 Å². The number of benzene rings is 2. The number of carbonyl (C=O) groups is 2. The molecule has 0 fully saturated rings. The molecule has 0 aliphatic rings. The maximum Gasteiger partial charge on any atom is 0.335 e. The van der Waals surface area contributed by atoms with E-state index in [0.29, 0.717) is 5.56 Å². The lowest BCUT2D eigenvalue weighted by Gasteiger charge is -2.13. The summed E-state index contributed by atoms with van der Waals surface area (Å²) in [5.41, 5.74) is 6.80. The molecule has 2 aromatic rings. The van der Waals surface area contributed by atoms with E-state index in [1.165, 1.54) is 18.2 Å². The van der Waals surface area contributed by atoms with Crippen LogP contribution in [0.15, 0.2) is 48.5 Å². The molecule has 0 spiro atoms. The number of carboxylic acid groups (broad SMARTS) is 1. The third-order valence-corrected chi connectivity index (χ3v) is 3.07. The molecule has 6 heteroatoms. The Kier molecular flexibility index (Phi) is 4.57. The monoisotopic (exact) mass is 304 g/mol. The predicted molar refractivity (Wildman–Crippen MR) is 80.4 cm³/mol. The minimum absolute atomic E-state index is 0.00826. The molecule has 108 valence electrons. The molecule has 0 saturated heterocycles. The van der Waals surface area contributed by atoms with Gasteiger partial charge in [0.2, 0.25) is 5.91 Å². The first-order chi connectivity index (χ1) is 9.97. The Labute approximate surface area is 126 Å². The van der Waals surface area contributed by atoms with Crippen LogP contribution >= 0.6 is 11.6 Å². The number of anilines is 1. The summed E-state index contributed by atoms with van der Waals surface area (Å²) in [5.74, 6) is -1.57. The van der Waals surface area contributed by atoms with Gasteiger partial charge >= 0.3 is 5.97 Å². The summed E-state index contributed by atoms with van der Waals surface area (Å²) in [6, 6.07) is 12.1. The van der Waals surface area contributed by atoms with Crippen molar-refractivity contribution < 1.29 is 14.7 Å². The van der Waals surface area contributed by atoms with E-state index in [1.54, 1.807) is 24.3 Å². The zero-order valence-corrected chi connectivity index (χ0v) is 11.7. The Morgan fingerprint density at radius 1 is 1.14 bits per heavy atom. The number of hydrogen-bond donors (Lipinski definition) is 3. The number of halogens is 1. The fourth-order valence-corrected chi connectivity index (χ4v) is 2.05. The summed E-state index contributed by atoms with van der Waals surface area (Å²) in [7, 11) is 0. The summed E-state index contributed by atoms with van der Waals surface area (Å²) in [6.45, 7) is 0. The molecule has 0 saturated carbocycles. The highest BCUT2D eigenvalue weighted by atomic mass is 35.5. The van der Waals surface area contributed by atoms with Crippen LogP contribution < -0.4 is 11.1 Å².